The van der Waals surface area contributed by atoms with E-state index in [9.17, 15) is 35.9 Å². The minimum absolute atomic E-state index is 0.0820. The predicted molar refractivity (Wildman–Crippen MR) is 167 cm³/mol. The monoisotopic (exact) mass is 676 g/mol. The Morgan fingerprint density at radius 2 is 1.50 bits per heavy atom. The molecular weight excluding hydrogens is 638 g/mol. The molecule has 2 heterocycles. The molecule has 1 fully saturated rings. The molecule has 0 radical (unpaired) electrons. The lowest BCUT2D eigenvalue weighted by Gasteiger charge is -2.34. The van der Waals surface area contributed by atoms with Gasteiger partial charge >= 0.3 is 18.4 Å². The molecule has 0 bridgehead atoms. The standard InChI is InChI=1S/C36H38F6N2O4/c1-4-11-25-21-29-28(22-48-34(29,35(37,38)39)36(40,41)42)27(12-5-2)30(25)47-20-10-9-19-44-31(45)33(3,43-32(44)46)26-17-15-24(16-18-26)23-13-7-6-8-14-23/h6-8,13-18,21H,4-5,9-12,19-20,22H2,1-3H3,(H,43,46). The first-order valence-electron chi connectivity index (χ1n) is 16.1. The molecule has 1 atom stereocenters. The predicted octanol–water partition coefficient (Wildman–Crippen LogP) is 8.73. The molecule has 48 heavy (non-hydrogen) atoms. The van der Waals surface area contributed by atoms with Gasteiger partial charge in [-0.1, -0.05) is 81.3 Å². The molecule has 258 valence electrons. The van der Waals surface area contributed by atoms with E-state index in [0.717, 1.165) is 22.1 Å². The van der Waals surface area contributed by atoms with Crippen molar-refractivity contribution >= 4 is 11.9 Å². The van der Waals surface area contributed by atoms with Crippen molar-refractivity contribution < 1.29 is 45.4 Å². The van der Waals surface area contributed by atoms with Crippen molar-refractivity contribution in [3.63, 3.8) is 0 Å². The molecule has 1 saturated heterocycles. The number of hydrogen-bond donors (Lipinski definition) is 1. The number of ether oxygens (including phenoxy) is 2. The van der Waals surface area contributed by atoms with Gasteiger partial charge in [0, 0.05) is 17.7 Å². The summed E-state index contributed by atoms with van der Waals surface area (Å²) >= 11 is 0. The number of carbonyl (C=O) groups is 2. The maximum absolute atomic E-state index is 14.1. The Bertz CT molecular complexity index is 1630. The molecule has 2 aliphatic heterocycles. The summed E-state index contributed by atoms with van der Waals surface area (Å²) in [5.74, 6) is -0.115. The first kappa shape index (κ1) is 35.3. The number of hydrogen-bond acceptors (Lipinski definition) is 4. The zero-order valence-corrected chi connectivity index (χ0v) is 27.0. The molecule has 0 spiro atoms. The fourth-order valence-corrected chi connectivity index (χ4v) is 6.61. The topological polar surface area (TPSA) is 67.9 Å². The van der Waals surface area contributed by atoms with Crippen LogP contribution in [0.1, 0.15) is 74.3 Å². The van der Waals surface area contributed by atoms with Crippen LogP contribution in [0.5, 0.6) is 5.75 Å². The maximum atomic E-state index is 14.1. The number of carbonyl (C=O) groups excluding carboxylic acids is 2. The maximum Gasteiger partial charge on any atom is 0.430 e. The van der Waals surface area contributed by atoms with Gasteiger partial charge in [0.15, 0.2) is 0 Å². The Labute approximate surface area is 275 Å². The van der Waals surface area contributed by atoms with Crippen LogP contribution in [-0.4, -0.2) is 42.3 Å². The average Bonchev–Trinajstić information content (AvgIpc) is 3.54. The Balaban J connectivity index is 1.28. The van der Waals surface area contributed by atoms with E-state index < -0.39 is 47.6 Å². The first-order chi connectivity index (χ1) is 22.7. The van der Waals surface area contributed by atoms with Gasteiger partial charge in [0.1, 0.15) is 11.3 Å². The van der Waals surface area contributed by atoms with Gasteiger partial charge in [0.25, 0.3) is 11.5 Å². The second-order valence-corrected chi connectivity index (χ2v) is 12.3. The van der Waals surface area contributed by atoms with E-state index in [1.54, 1.807) is 20.8 Å². The second-order valence-electron chi connectivity index (χ2n) is 12.3. The van der Waals surface area contributed by atoms with E-state index >= 15 is 0 Å². The van der Waals surface area contributed by atoms with Gasteiger partial charge in [0.2, 0.25) is 0 Å². The van der Waals surface area contributed by atoms with Crippen LogP contribution in [0, 0.1) is 0 Å². The number of aryl methyl sites for hydroxylation is 1. The molecule has 1 unspecified atom stereocenters. The van der Waals surface area contributed by atoms with Crippen molar-refractivity contribution in [1.82, 2.24) is 10.2 Å². The van der Waals surface area contributed by atoms with Gasteiger partial charge in [-0.2, -0.15) is 26.3 Å². The molecule has 1 N–H and O–H groups in total. The largest absolute Gasteiger partial charge is 0.493 e. The second kappa shape index (κ2) is 13.4. The summed E-state index contributed by atoms with van der Waals surface area (Å²) in [6.07, 6.45) is -9.35. The van der Waals surface area contributed by atoms with Crippen molar-refractivity contribution in [1.29, 1.82) is 0 Å². The zero-order chi connectivity index (χ0) is 34.9. The third kappa shape index (κ3) is 6.15. The molecule has 0 aromatic heterocycles. The van der Waals surface area contributed by atoms with Crippen LogP contribution in [0.2, 0.25) is 0 Å². The molecule has 5 rings (SSSR count). The first-order valence-corrected chi connectivity index (χ1v) is 16.1. The zero-order valence-electron chi connectivity index (χ0n) is 27.0. The Morgan fingerprint density at radius 1 is 0.875 bits per heavy atom. The molecule has 3 aromatic carbocycles. The van der Waals surface area contributed by atoms with Crippen molar-refractivity contribution in [3.05, 3.63) is 88.5 Å². The number of rotatable bonds is 12. The summed E-state index contributed by atoms with van der Waals surface area (Å²) in [5.41, 5.74) is -3.54. The number of imide groups is 1. The van der Waals surface area contributed by atoms with Gasteiger partial charge < -0.3 is 14.8 Å². The summed E-state index contributed by atoms with van der Waals surface area (Å²) in [6, 6.07) is 17.6. The number of amides is 3. The molecule has 0 saturated carbocycles. The SMILES string of the molecule is CCCc1cc2c(c(CCC)c1OCCCCN1C(=O)NC(C)(c3ccc(-c4ccccc4)cc3)C1=O)COC2(C(F)(F)F)C(F)(F)F. The Kier molecular flexibility index (Phi) is 9.88. The number of fused-ring (bicyclic) bond motifs is 1. The Morgan fingerprint density at radius 3 is 2.10 bits per heavy atom. The van der Waals surface area contributed by atoms with Crippen LogP contribution in [0.3, 0.4) is 0 Å². The smallest absolute Gasteiger partial charge is 0.430 e. The lowest BCUT2D eigenvalue weighted by molar-refractivity contribution is -0.385. The number of unbranched alkanes of at least 4 members (excludes halogenated alkanes) is 1. The lowest BCUT2D eigenvalue weighted by Crippen LogP contribution is -2.53. The van der Waals surface area contributed by atoms with Crippen molar-refractivity contribution in [2.45, 2.75) is 89.4 Å². The van der Waals surface area contributed by atoms with Crippen LogP contribution >= 0.6 is 0 Å². The highest BCUT2D eigenvalue weighted by Gasteiger charge is 2.76. The number of halogens is 6. The highest BCUT2D eigenvalue weighted by molar-refractivity contribution is 6.07. The van der Waals surface area contributed by atoms with Crippen LogP contribution in [0.15, 0.2) is 60.7 Å². The van der Waals surface area contributed by atoms with Crippen LogP contribution in [-0.2, 0) is 40.1 Å². The fraction of sp³-hybridized carbons (Fsp3) is 0.444. The summed E-state index contributed by atoms with van der Waals surface area (Å²) in [5, 5.41) is 2.80. The van der Waals surface area contributed by atoms with Crippen molar-refractivity contribution in [2.24, 2.45) is 0 Å². The number of nitrogens with one attached hydrogen (secondary N) is 1. The number of benzene rings is 3. The van der Waals surface area contributed by atoms with E-state index in [0.29, 0.717) is 31.2 Å². The summed E-state index contributed by atoms with van der Waals surface area (Å²) < 4.78 is 95.3. The van der Waals surface area contributed by atoms with E-state index in [1.165, 1.54) is 0 Å². The number of urea groups is 1. The minimum atomic E-state index is -5.72. The highest BCUT2D eigenvalue weighted by atomic mass is 19.4. The number of nitrogens with zero attached hydrogens (tertiary/aromatic N) is 1. The molecule has 2 aliphatic rings. The summed E-state index contributed by atoms with van der Waals surface area (Å²) in [4.78, 5) is 27.5. The van der Waals surface area contributed by atoms with Crippen molar-refractivity contribution in [2.75, 3.05) is 13.2 Å². The van der Waals surface area contributed by atoms with Gasteiger partial charge in [-0.3, -0.25) is 9.69 Å². The minimum Gasteiger partial charge on any atom is -0.493 e. The molecule has 0 aliphatic carbocycles. The fourth-order valence-electron chi connectivity index (χ4n) is 6.61. The quantitative estimate of drug-likeness (QED) is 0.118. The van der Waals surface area contributed by atoms with Crippen molar-refractivity contribution in [3.8, 4) is 16.9 Å². The third-order valence-corrected chi connectivity index (χ3v) is 9.07. The summed E-state index contributed by atoms with van der Waals surface area (Å²) in [6.45, 7) is 4.56. The van der Waals surface area contributed by atoms with Crippen LogP contribution in [0.4, 0.5) is 31.1 Å². The van der Waals surface area contributed by atoms with Gasteiger partial charge in [-0.25, -0.2) is 4.79 Å². The summed E-state index contributed by atoms with van der Waals surface area (Å²) in [7, 11) is 0. The van der Waals surface area contributed by atoms with Gasteiger partial charge in [-0.05, 0) is 66.5 Å². The lowest BCUT2D eigenvalue weighted by atomic mass is 9.84. The molecule has 3 amide bonds. The van der Waals surface area contributed by atoms with Crippen LogP contribution in [0.25, 0.3) is 11.1 Å². The highest BCUT2D eigenvalue weighted by Crippen LogP contribution is 2.58. The Hall–Kier alpha value is -4.06. The van der Waals surface area contributed by atoms with Gasteiger partial charge in [-0.15, -0.1) is 0 Å². The van der Waals surface area contributed by atoms with E-state index in [4.69, 9.17) is 4.74 Å². The molecular formula is C36H38F6N2O4. The van der Waals surface area contributed by atoms with E-state index in [1.807, 2.05) is 54.6 Å². The number of alkyl halides is 6. The third-order valence-electron chi connectivity index (χ3n) is 9.07. The normalized spacial score (nSPS) is 19.1. The average molecular weight is 677 g/mol. The molecule has 6 nitrogen and oxygen atoms in total. The van der Waals surface area contributed by atoms with E-state index in [-0.39, 0.29) is 48.4 Å². The molecule has 3 aromatic rings. The molecule has 12 heteroatoms. The van der Waals surface area contributed by atoms with E-state index in [2.05, 4.69) is 10.1 Å². The van der Waals surface area contributed by atoms with Gasteiger partial charge in [0.05, 0.1) is 13.2 Å². The van der Waals surface area contributed by atoms with Crippen LogP contribution < -0.4 is 10.1 Å².